The maximum Gasteiger partial charge on any atom is 0.244 e. The molecule has 1 aliphatic heterocycles. The summed E-state index contributed by atoms with van der Waals surface area (Å²) in [6.45, 7) is 1.02. The van der Waals surface area contributed by atoms with Gasteiger partial charge in [-0.3, -0.25) is 0 Å². The Hall–Kier alpha value is -0.000000000000000111. The fourth-order valence-electron chi connectivity index (χ4n) is 2.85. The Labute approximate surface area is 166 Å². The summed E-state index contributed by atoms with van der Waals surface area (Å²) in [5.41, 5.74) is 0. The number of halogens is 2. The number of hydrogen-bond donors (Lipinski definition) is 0. The standard InChI is InChI=1S/C15H22Br2N2O4S2/c1-18(2)7-3-8-19(13-6-9-24(20,21)11-13)25(22,23)15-10-12(16)4-5-14(15)17/h4-5,10,13H,3,6-9,11H2,1-2H3/t13-/m1/s1. The minimum absolute atomic E-state index is 0.0387. The molecule has 6 nitrogen and oxygen atoms in total. The first-order valence-electron chi connectivity index (χ1n) is 7.85. The van der Waals surface area contributed by atoms with E-state index in [-0.39, 0.29) is 16.4 Å². The third-order valence-electron chi connectivity index (χ3n) is 4.08. The largest absolute Gasteiger partial charge is 0.309 e. The van der Waals surface area contributed by atoms with E-state index in [4.69, 9.17) is 0 Å². The van der Waals surface area contributed by atoms with Gasteiger partial charge in [0.25, 0.3) is 0 Å². The lowest BCUT2D eigenvalue weighted by Gasteiger charge is -2.28. The van der Waals surface area contributed by atoms with E-state index < -0.39 is 25.9 Å². The van der Waals surface area contributed by atoms with E-state index in [9.17, 15) is 16.8 Å². The number of rotatable bonds is 7. The van der Waals surface area contributed by atoms with Gasteiger partial charge in [0.05, 0.1) is 16.4 Å². The Kier molecular flexibility index (Phi) is 7.11. The summed E-state index contributed by atoms with van der Waals surface area (Å²) in [6.07, 6.45) is 0.976. The molecule has 1 fully saturated rings. The van der Waals surface area contributed by atoms with E-state index in [0.717, 1.165) is 6.54 Å². The van der Waals surface area contributed by atoms with E-state index in [0.29, 0.717) is 28.3 Å². The first-order chi connectivity index (χ1) is 11.5. The van der Waals surface area contributed by atoms with Crippen LogP contribution < -0.4 is 0 Å². The number of sulfone groups is 1. The molecule has 142 valence electrons. The maximum absolute atomic E-state index is 13.2. The van der Waals surface area contributed by atoms with Crippen LogP contribution in [-0.2, 0) is 19.9 Å². The van der Waals surface area contributed by atoms with Crippen molar-refractivity contribution in [3.63, 3.8) is 0 Å². The van der Waals surface area contributed by atoms with Crippen LogP contribution in [0.4, 0.5) is 0 Å². The lowest BCUT2D eigenvalue weighted by atomic mass is 10.2. The predicted octanol–water partition coefficient (Wildman–Crippen LogP) is 2.34. The Balaban J connectivity index is 2.37. The first-order valence-corrected chi connectivity index (χ1v) is 12.7. The van der Waals surface area contributed by atoms with E-state index in [2.05, 4.69) is 31.9 Å². The molecule has 25 heavy (non-hydrogen) atoms. The van der Waals surface area contributed by atoms with Gasteiger partial charge in [0.2, 0.25) is 10.0 Å². The Morgan fingerprint density at radius 3 is 2.44 bits per heavy atom. The molecule has 0 aliphatic carbocycles. The summed E-state index contributed by atoms with van der Waals surface area (Å²) in [5, 5.41) is 0. The zero-order valence-corrected chi connectivity index (χ0v) is 19.0. The Morgan fingerprint density at radius 2 is 1.88 bits per heavy atom. The summed E-state index contributed by atoms with van der Waals surface area (Å²) in [4.78, 5) is 2.13. The second kappa shape index (κ2) is 8.35. The van der Waals surface area contributed by atoms with Crippen LogP contribution in [-0.4, -0.2) is 70.8 Å². The molecule has 0 radical (unpaired) electrons. The zero-order chi connectivity index (χ0) is 18.8. The molecular weight excluding hydrogens is 496 g/mol. The van der Waals surface area contributed by atoms with E-state index in [1.54, 1.807) is 18.2 Å². The molecular formula is C15H22Br2N2O4S2. The Morgan fingerprint density at radius 1 is 1.20 bits per heavy atom. The van der Waals surface area contributed by atoms with Crippen molar-refractivity contribution in [2.75, 3.05) is 38.7 Å². The summed E-state index contributed by atoms with van der Waals surface area (Å²) in [6, 6.07) is 4.45. The normalized spacial score (nSPS) is 20.5. The average Bonchev–Trinajstić information content (AvgIpc) is 2.85. The van der Waals surface area contributed by atoms with Gasteiger partial charge in [-0.1, -0.05) is 15.9 Å². The van der Waals surface area contributed by atoms with Crippen molar-refractivity contribution in [3.05, 3.63) is 27.1 Å². The van der Waals surface area contributed by atoms with Crippen molar-refractivity contribution in [2.45, 2.75) is 23.8 Å². The topological polar surface area (TPSA) is 74.8 Å². The van der Waals surface area contributed by atoms with Gasteiger partial charge in [0, 0.05) is 21.5 Å². The van der Waals surface area contributed by atoms with Crippen LogP contribution in [0.1, 0.15) is 12.8 Å². The van der Waals surface area contributed by atoms with Crippen molar-refractivity contribution in [2.24, 2.45) is 0 Å². The summed E-state index contributed by atoms with van der Waals surface area (Å²) < 4.78 is 52.7. The van der Waals surface area contributed by atoms with Crippen LogP contribution in [0.15, 0.2) is 32.0 Å². The van der Waals surface area contributed by atoms with Crippen LogP contribution in [0, 0.1) is 0 Å². The van der Waals surface area contributed by atoms with Crippen molar-refractivity contribution >= 4 is 51.7 Å². The SMILES string of the molecule is CN(C)CCCN([C@@H]1CCS(=O)(=O)C1)S(=O)(=O)c1cc(Br)ccc1Br. The van der Waals surface area contributed by atoms with Crippen LogP contribution >= 0.6 is 31.9 Å². The van der Waals surface area contributed by atoms with Gasteiger partial charge in [-0.25, -0.2) is 16.8 Å². The lowest BCUT2D eigenvalue weighted by molar-refractivity contribution is 0.309. The molecule has 0 bridgehead atoms. The monoisotopic (exact) mass is 516 g/mol. The number of sulfonamides is 1. The smallest absolute Gasteiger partial charge is 0.244 e. The average molecular weight is 518 g/mol. The highest BCUT2D eigenvalue weighted by atomic mass is 79.9. The second-order valence-corrected chi connectivity index (χ2v) is 12.3. The fraction of sp³-hybridized carbons (Fsp3) is 0.600. The molecule has 10 heteroatoms. The van der Waals surface area contributed by atoms with Crippen molar-refractivity contribution in [1.82, 2.24) is 9.21 Å². The number of benzene rings is 1. The van der Waals surface area contributed by atoms with Gasteiger partial charge in [0.15, 0.2) is 9.84 Å². The van der Waals surface area contributed by atoms with Crippen LogP contribution in [0.25, 0.3) is 0 Å². The van der Waals surface area contributed by atoms with Crippen LogP contribution in [0.3, 0.4) is 0 Å². The number of nitrogens with zero attached hydrogens (tertiary/aromatic N) is 2. The van der Waals surface area contributed by atoms with Crippen molar-refractivity contribution < 1.29 is 16.8 Å². The van der Waals surface area contributed by atoms with Gasteiger partial charge in [-0.2, -0.15) is 4.31 Å². The molecule has 1 heterocycles. The lowest BCUT2D eigenvalue weighted by Crippen LogP contribution is -2.42. The highest BCUT2D eigenvalue weighted by molar-refractivity contribution is 9.11. The maximum atomic E-state index is 13.2. The minimum atomic E-state index is -3.81. The number of hydrogen-bond acceptors (Lipinski definition) is 5. The molecule has 2 rings (SSSR count). The molecule has 1 aromatic rings. The third kappa shape index (κ3) is 5.49. The van der Waals surface area contributed by atoms with Gasteiger partial charge in [-0.05, 0) is 67.6 Å². The summed E-state index contributed by atoms with van der Waals surface area (Å²) >= 11 is 6.61. The third-order valence-corrected chi connectivity index (χ3v) is 9.27. The van der Waals surface area contributed by atoms with E-state index in [1.165, 1.54) is 4.31 Å². The van der Waals surface area contributed by atoms with Crippen LogP contribution in [0.5, 0.6) is 0 Å². The van der Waals surface area contributed by atoms with Crippen LogP contribution in [0.2, 0.25) is 0 Å². The zero-order valence-electron chi connectivity index (χ0n) is 14.2. The quantitative estimate of drug-likeness (QED) is 0.555. The summed E-state index contributed by atoms with van der Waals surface area (Å²) in [5.74, 6) is -0.0726. The molecule has 0 amide bonds. The highest BCUT2D eigenvalue weighted by Gasteiger charge is 2.39. The van der Waals surface area contributed by atoms with Gasteiger partial charge in [-0.15, -0.1) is 0 Å². The molecule has 1 saturated heterocycles. The molecule has 0 N–H and O–H groups in total. The predicted molar refractivity (Wildman–Crippen MR) is 106 cm³/mol. The van der Waals surface area contributed by atoms with Gasteiger partial charge < -0.3 is 4.90 Å². The first kappa shape index (κ1) is 21.3. The van der Waals surface area contributed by atoms with E-state index >= 15 is 0 Å². The molecule has 0 unspecified atom stereocenters. The molecule has 1 atom stereocenters. The van der Waals surface area contributed by atoms with Gasteiger partial charge in [0.1, 0.15) is 0 Å². The molecule has 0 saturated carbocycles. The summed E-state index contributed by atoms with van der Waals surface area (Å²) in [7, 11) is -3.15. The second-order valence-electron chi connectivity index (χ2n) is 6.40. The highest BCUT2D eigenvalue weighted by Crippen LogP contribution is 2.31. The van der Waals surface area contributed by atoms with Crippen molar-refractivity contribution in [3.8, 4) is 0 Å². The molecule has 0 aromatic heterocycles. The fourth-order valence-corrected chi connectivity index (χ4v) is 7.83. The van der Waals surface area contributed by atoms with Crippen molar-refractivity contribution in [1.29, 1.82) is 0 Å². The molecule has 1 aliphatic rings. The van der Waals surface area contributed by atoms with Gasteiger partial charge >= 0.3 is 0 Å². The Bertz CT molecular complexity index is 826. The minimum Gasteiger partial charge on any atom is -0.309 e. The molecule has 1 aromatic carbocycles. The molecule has 0 spiro atoms. The van der Waals surface area contributed by atoms with E-state index in [1.807, 2.05) is 19.0 Å².